The molecule has 1 heterocycles. The highest BCUT2D eigenvalue weighted by Gasteiger charge is 2.30. The molecule has 0 saturated carbocycles. The lowest BCUT2D eigenvalue weighted by Gasteiger charge is -2.21. The van der Waals surface area contributed by atoms with Crippen molar-refractivity contribution >= 4 is 17.5 Å². The number of carbonyl (C=O) groups excluding carboxylic acids is 1. The van der Waals surface area contributed by atoms with Crippen LogP contribution in [0.3, 0.4) is 0 Å². The van der Waals surface area contributed by atoms with Crippen molar-refractivity contribution in [2.24, 2.45) is 0 Å². The summed E-state index contributed by atoms with van der Waals surface area (Å²) in [7, 11) is 0. The van der Waals surface area contributed by atoms with Gasteiger partial charge in [-0.3, -0.25) is 4.79 Å². The minimum Gasteiger partial charge on any atom is -0.345 e. The van der Waals surface area contributed by atoms with Gasteiger partial charge in [0.25, 0.3) is 0 Å². The maximum Gasteiger partial charge on any atom is 0.416 e. The van der Waals surface area contributed by atoms with Crippen LogP contribution in [0.5, 0.6) is 0 Å². The van der Waals surface area contributed by atoms with Crippen molar-refractivity contribution in [1.82, 2.24) is 9.47 Å². The first-order valence-corrected chi connectivity index (χ1v) is 8.13. The third-order valence-corrected chi connectivity index (χ3v) is 3.93. The van der Waals surface area contributed by atoms with Gasteiger partial charge >= 0.3 is 6.18 Å². The Morgan fingerprint density at radius 1 is 1.28 bits per heavy atom. The molecule has 0 N–H and O–H groups in total. The summed E-state index contributed by atoms with van der Waals surface area (Å²) in [6, 6.07) is 8.83. The molecule has 0 radical (unpaired) electrons. The molecule has 0 aliphatic carbocycles. The first-order valence-electron chi connectivity index (χ1n) is 7.60. The number of amides is 1. The Kier molecular flexibility index (Phi) is 6.31. The summed E-state index contributed by atoms with van der Waals surface area (Å²) in [6.45, 7) is 4.56. The number of nitrogens with zero attached hydrogens (tertiary/aromatic N) is 2. The van der Waals surface area contributed by atoms with E-state index in [0.717, 1.165) is 17.8 Å². The Hall–Kier alpha value is -2.21. The van der Waals surface area contributed by atoms with Crippen LogP contribution in [-0.4, -0.2) is 27.8 Å². The summed E-state index contributed by atoms with van der Waals surface area (Å²) >= 11 is 5.61. The fourth-order valence-electron chi connectivity index (χ4n) is 2.48. The molecular weight excluding hydrogens is 353 g/mol. The quantitative estimate of drug-likeness (QED) is 0.526. The molecule has 1 aromatic heterocycles. The van der Waals surface area contributed by atoms with Crippen molar-refractivity contribution in [1.29, 1.82) is 0 Å². The van der Waals surface area contributed by atoms with Crippen molar-refractivity contribution in [3.63, 3.8) is 0 Å². The Morgan fingerprint density at radius 3 is 2.68 bits per heavy atom. The van der Waals surface area contributed by atoms with E-state index in [2.05, 4.69) is 6.58 Å². The zero-order chi connectivity index (χ0) is 18.4. The van der Waals surface area contributed by atoms with Gasteiger partial charge in [-0.15, -0.1) is 18.2 Å². The zero-order valence-corrected chi connectivity index (χ0v) is 14.2. The molecule has 0 aliphatic heterocycles. The first kappa shape index (κ1) is 19.1. The van der Waals surface area contributed by atoms with E-state index < -0.39 is 11.7 Å². The van der Waals surface area contributed by atoms with Gasteiger partial charge in [0.1, 0.15) is 5.88 Å². The lowest BCUT2D eigenvalue weighted by molar-refractivity contribution is -0.137. The summed E-state index contributed by atoms with van der Waals surface area (Å²) in [6.07, 6.45) is -1.000. The van der Waals surface area contributed by atoms with Crippen LogP contribution in [0, 0.1) is 0 Å². The van der Waals surface area contributed by atoms with Crippen LogP contribution >= 0.6 is 11.6 Å². The molecule has 1 amide bonds. The van der Waals surface area contributed by atoms with E-state index in [9.17, 15) is 18.0 Å². The Balaban J connectivity index is 2.19. The van der Waals surface area contributed by atoms with Gasteiger partial charge in [0.2, 0.25) is 5.91 Å². The van der Waals surface area contributed by atoms with Gasteiger partial charge in [0, 0.05) is 25.0 Å². The number of alkyl halides is 4. The van der Waals surface area contributed by atoms with Crippen LogP contribution in [0.15, 0.2) is 55.3 Å². The summed E-state index contributed by atoms with van der Waals surface area (Å²) in [5, 5.41) is 0. The Morgan fingerprint density at radius 2 is 2.04 bits per heavy atom. The number of carbonyl (C=O) groups is 1. The summed E-state index contributed by atoms with van der Waals surface area (Å²) < 4.78 is 40.3. The van der Waals surface area contributed by atoms with E-state index in [1.807, 2.05) is 10.6 Å². The highest BCUT2D eigenvalue weighted by Crippen LogP contribution is 2.29. The topological polar surface area (TPSA) is 25.2 Å². The highest BCUT2D eigenvalue weighted by molar-refractivity contribution is 6.27. The number of hydrogen-bond acceptors (Lipinski definition) is 1. The van der Waals surface area contributed by atoms with Crippen LogP contribution in [-0.2, 0) is 24.1 Å². The van der Waals surface area contributed by atoms with Crippen LogP contribution in [0.2, 0.25) is 0 Å². The van der Waals surface area contributed by atoms with Crippen molar-refractivity contribution in [2.75, 3.05) is 12.4 Å². The molecular formula is C18H18ClF3N2O. The molecule has 0 spiro atoms. The Labute approximate surface area is 149 Å². The molecule has 2 aromatic rings. The maximum absolute atomic E-state index is 12.8. The molecule has 1 aromatic carbocycles. The van der Waals surface area contributed by atoms with Gasteiger partial charge in [-0.2, -0.15) is 13.2 Å². The molecule has 3 nitrogen and oxygen atoms in total. The van der Waals surface area contributed by atoms with Crippen molar-refractivity contribution in [3.8, 4) is 0 Å². The minimum absolute atomic E-state index is 0.137. The minimum atomic E-state index is -4.37. The average Bonchev–Trinajstić information content (AvgIpc) is 3.00. The van der Waals surface area contributed by atoms with Crippen molar-refractivity contribution in [2.45, 2.75) is 19.3 Å². The summed E-state index contributed by atoms with van der Waals surface area (Å²) in [5.41, 5.74) is 0.660. The SMILES string of the molecule is C=CCN(Cc1cccn1Cc1cccc(C(F)(F)F)c1)C(=O)CCl. The first-order chi connectivity index (χ1) is 11.8. The molecule has 0 fully saturated rings. The predicted molar refractivity (Wildman–Crippen MR) is 91.3 cm³/mol. The maximum atomic E-state index is 12.8. The number of hydrogen-bond donors (Lipinski definition) is 0. The number of benzene rings is 1. The van der Waals surface area contributed by atoms with Crippen molar-refractivity contribution < 1.29 is 18.0 Å². The summed E-state index contributed by atoms with van der Waals surface area (Å²) in [5.74, 6) is -0.365. The van der Waals surface area contributed by atoms with E-state index >= 15 is 0 Å². The van der Waals surface area contributed by atoms with Crippen LogP contribution in [0.25, 0.3) is 0 Å². The van der Waals surface area contributed by atoms with Gasteiger partial charge in [0.05, 0.1) is 12.1 Å². The fourth-order valence-corrected chi connectivity index (χ4v) is 2.65. The van der Waals surface area contributed by atoms with Gasteiger partial charge in [-0.05, 0) is 29.8 Å². The molecule has 0 saturated heterocycles. The van der Waals surface area contributed by atoms with E-state index in [4.69, 9.17) is 11.6 Å². The molecule has 7 heteroatoms. The second-order valence-electron chi connectivity index (χ2n) is 5.52. The summed E-state index contributed by atoms with van der Waals surface area (Å²) in [4.78, 5) is 13.4. The molecule has 25 heavy (non-hydrogen) atoms. The normalized spacial score (nSPS) is 11.4. The molecule has 134 valence electrons. The third-order valence-electron chi connectivity index (χ3n) is 3.70. The molecule has 0 atom stereocenters. The van der Waals surface area contributed by atoms with Gasteiger partial charge in [0.15, 0.2) is 0 Å². The molecule has 0 aliphatic rings. The van der Waals surface area contributed by atoms with E-state index in [0.29, 0.717) is 18.7 Å². The van der Waals surface area contributed by atoms with Gasteiger partial charge in [-0.25, -0.2) is 0 Å². The van der Waals surface area contributed by atoms with Gasteiger partial charge < -0.3 is 9.47 Å². The highest BCUT2D eigenvalue weighted by atomic mass is 35.5. The smallest absolute Gasteiger partial charge is 0.345 e. The van der Waals surface area contributed by atoms with Gasteiger partial charge in [-0.1, -0.05) is 18.2 Å². The Bertz CT molecular complexity index is 740. The standard InChI is InChI=1S/C18H18ClF3N2O/c1-2-8-24(17(25)11-19)13-16-7-4-9-23(16)12-14-5-3-6-15(10-14)18(20,21)22/h2-7,9-10H,1,8,11-13H2. The predicted octanol–water partition coefficient (Wildman–Crippen LogP) is 4.31. The molecule has 2 rings (SSSR count). The third kappa shape index (κ3) is 5.13. The van der Waals surface area contributed by atoms with Crippen LogP contribution < -0.4 is 0 Å². The molecule has 0 bridgehead atoms. The van der Waals surface area contributed by atoms with E-state index in [1.165, 1.54) is 11.0 Å². The zero-order valence-electron chi connectivity index (χ0n) is 13.5. The van der Waals surface area contributed by atoms with Crippen LogP contribution in [0.4, 0.5) is 13.2 Å². The number of rotatable bonds is 7. The molecule has 0 unspecified atom stereocenters. The monoisotopic (exact) mass is 370 g/mol. The second-order valence-corrected chi connectivity index (χ2v) is 5.79. The van der Waals surface area contributed by atoms with E-state index in [1.54, 1.807) is 24.4 Å². The van der Waals surface area contributed by atoms with Crippen LogP contribution in [0.1, 0.15) is 16.8 Å². The fraction of sp³-hybridized carbons (Fsp3) is 0.278. The number of halogens is 4. The average molecular weight is 371 g/mol. The lowest BCUT2D eigenvalue weighted by atomic mass is 10.1. The second kappa shape index (κ2) is 8.25. The van der Waals surface area contributed by atoms with E-state index in [-0.39, 0.29) is 18.3 Å². The lowest BCUT2D eigenvalue weighted by Crippen LogP contribution is -2.32. The number of aromatic nitrogens is 1. The largest absolute Gasteiger partial charge is 0.416 e. The van der Waals surface area contributed by atoms with Crippen molar-refractivity contribution in [3.05, 3.63) is 72.1 Å².